The number of aromatic nitrogens is 1. The second kappa shape index (κ2) is 9.96. The monoisotopic (exact) mass is 430 g/mol. The lowest BCUT2D eigenvalue weighted by atomic mass is 9.95. The third kappa shape index (κ3) is 4.72. The predicted octanol–water partition coefficient (Wildman–Crippen LogP) is 3.57. The van der Waals surface area contributed by atoms with Crippen molar-refractivity contribution in [2.24, 2.45) is 5.92 Å². The fraction of sp³-hybridized carbons (Fsp3) is 0.652. The third-order valence-corrected chi connectivity index (χ3v) is 7.49. The fourth-order valence-corrected chi connectivity index (χ4v) is 5.67. The van der Waals surface area contributed by atoms with E-state index in [9.17, 15) is 9.59 Å². The molecule has 30 heavy (non-hydrogen) atoms. The van der Waals surface area contributed by atoms with E-state index in [4.69, 9.17) is 0 Å². The number of nitrogens with zero attached hydrogens (tertiary/aromatic N) is 3. The normalized spacial score (nSPS) is 19.2. The number of hydrogen-bond donors (Lipinski definition) is 1. The van der Waals surface area contributed by atoms with Crippen LogP contribution in [-0.2, 0) is 11.3 Å². The van der Waals surface area contributed by atoms with Gasteiger partial charge in [-0.1, -0.05) is 12.8 Å². The van der Waals surface area contributed by atoms with E-state index in [1.807, 2.05) is 11.0 Å². The van der Waals surface area contributed by atoms with Crippen LogP contribution in [0.4, 0.5) is 0 Å². The summed E-state index contributed by atoms with van der Waals surface area (Å²) in [5, 5.41) is 5.21. The molecule has 0 spiro atoms. The highest BCUT2D eigenvalue weighted by atomic mass is 32.1. The summed E-state index contributed by atoms with van der Waals surface area (Å²) in [5.74, 6) is 0.286. The quantitative estimate of drug-likeness (QED) is 0.762. The van der Waals surface area contributed by atoms with Crippen LogP contribution in [0, 0.1) is 5.92 Å². The number of fused-ring (bicyclic) bond motifs is 1. The van der Waals surface area contributed by atoms with Crippen molar-refractivity contribution in [3.63, 3.8) is 0 Å². The second-order valence-corrected chi connectivity index (χ2v) is 9.50. The summed E-state index contributed by atoms with van der Waals surface area (Å²) in [7, 11) is 0. The molecule has 2 aromatic heterocycles. The maximum atomic E-state index is 13.1. The van der Waals surface area contributed by atoms with E-state index in [2.05, 4.69) is 33.2 Å². The molecule has 0 radical (unpaired) electrons. The lowest BCUT2D eigenvalue weighted by molar-refractivity contribution is -0.126. The molecule has 0 aliphatic carbocycles. The molecule has 1 N–H and O–H groups in total. The molecule has 4 heterocycles. The highest BCUT2D eigenvalue weighted by molar-refractivity contribution is 7.17. The van der Waals surface area contributed by atoms with Gasteiger partial charge in [-0.25, -0.2) is 0 Å². The van der Waals surface area contributed by atoms with Gasteiger partial charge >= 0.3 is 0 Å². The van der Waals surface area contributed by atoms with Gasteiger partial charge in [-0.05, 0) is 63.2 Å². The molecule has 0 unspecified atom stereocenters. The molecule has 2 amide bonds. The average molecular weight is 431 g/mol. The first-order valence-electron chi connectivity index (χ1n) is 11.5. The number of likely N-dealkylation sites (tertiary alicyclic amines) is 2. The molecule has 0 saturated carbocycles. The number of aryl methyl sites for hydroxylation is 1. The number of thiophene rings is 1. The standard InChI is InChI=1S/C23H34N4O2S/c1-2-27-19-9-16-30-21(19)17-20(27)23(29)26-13-7-18(8-14-26)22(28)24-10-15-25-11-5-3-4-6-12-25/h9,16-18H,2-8,10-15H2,1H3,(H,24,28). The van der Waals surface area contributed by atoms with Crippen molar-refractivity contribution in [2.75, 3.05) is 39.3 Å². The van der Waals surface area contributed by atoms with Gasteiger partial charge in [-0.15, -0.1) is 11.3 Å². The molecule has 0 aromatic carbocycles. The Morgan fingerprint density at radius 2 is 1.83 bits per heavy atom. The van der Waals surface area contributed by atoms with Crippen LogP contribution in [0.25, 0.3) is 10.2 Å². The van der Waals surface area contributed by atoms with Crippen LogP contribution in [0.2, 0.25) is 0 Å². The minimum absolute atomic E-state index is 0.0274. The van der Waals surface area contributed by atoms with Crippen LogP contribution in [0.3, 0.4) is 0 Å². The van der Waals surface area contributed by atoms with Gasteiger partial charge in [0.25, 0.3) is 5.91 Å². The Kier molecular flexibility index (Phi) is 7.10. The first kappa shape index (κ1) is 21.4. The zero-order valence-electron chi connectivity index (χ0n) is 18.1. The lowest BCUT2D eigenvalue weighted by Crippen LogP contribution is -2.44. The van der Waals surface area contributed by atoms with Gasteiger partial charge in [0.2, 0.25) is 5.91 Å². The topological polar surface area (TPSA) is 57.6 Å². The van der Waals surface area contributed by atoms with Crippen molar-refractivity contribution >= 4 is 33.4 Å². The number of piperidine rings is 1. The van der Waals surface area contributed by atoms with Crippen molar-refractivity contribution in [1.82, 2.24) is 19.7 Å². The van der Waals surface area contributed by atoms with Crippen molar-refractivity contribution in [3.8, 4) is 0 Å². The molecule has 4 rings (SSSR count). The summed E-state index contributed by atoms with van der Waals surface area (Å²) in [6.07, 6.45) is 6.73. The van der Waals surface area contributed by atoms with Gasteiger partial charge < -0.3 is 19.7 Å². The minimum atomic E-state index is 0.0274. The molecular formula is C23H34N4O2S. The van der Waals surface area contributed by atoms with Crippen LogP contribution in [0.15, 0.2) is 17.5 Å². The summed E-state index contributed by atoms with van der Waals surface area (Å²) in [4.78, 5) is 30.1. The summed E-state index contributed by atoms with van der Waals surface area (Å²) in [6.45, 7) is 8.19. The largest absolute Gasteiger partial charge is 0.355 e. The van der Waals surface area contributed by atoms with E-state index in [0.29, 0.717) is 13.1 Å². The van der Waals surface area contributed by atoms with Crippen LogP contribution in [0.5, 0.6) is 0 Å². The van der Waals surface area contributed by atoms with Gasteiger partial charge in [-0.3, -0.25) is 9.59 Å². The van der Waals surface area contributed by atoms with Gasteiger partial charge in [-0.2, -0.15) is 0 Å². The first-order chi connectivity index (χ1) is 14.7. The zero-order valence-corrected chi connectivity index (χ0v) is 18.9. The smallest absolute Gasteiger partial charge is 0.270 e. The Bertz CT molecular complexity index is 858. The Morgan fingerprint density at radius 3 is 2.53 bits per heavy atom. The lowest BCUT2D eigenvalue weighted by Gasteiger charge is -2.31. The Balaban J connectivity index is 1.25. The van der Waals surface area contributed by atoms with Gasteiger partial charge in [0.05, 0.1) is 10.2 Å². The molecule has 0 bridgehead atoms. The molecule has 0 atom stereocenters. The molecule has 7 heteroatoms. The van der Waals surface area contributed by atoms with Gasteiger partial charge in [0.15, 0.2) is 0 Å². The van der Waals surface area contributed by atoms with Crippen molar-refractivity contribution in [2.45, 2.75) is 52.0 Å². The van der Waals surface area contributed by atoms with Crippen molar-refractivity contribution < 1.29 is 9.59 Å². The summed E-state index contributed by atoms with van der Waals surface area (Å²) in [6, 6.07) is 4.11. The van der Waals surface area contributed by atoms with E-state index in [1.54, 1.807) is 11.3 Å². The predicted molar refractivity (Wildman–Crippen MR) is 122 cm³/mol. The Hall–Kier alpha value is -1.86. The molecule has 2 saturated heterocycles. The van der Waals surface area contributed by atoms with E-state index in [1.165, 1.54) is 30.4 Å². The fourth-order valence-electron chi connectivity index (χ4n) is 4.84. The minimum Gasteiger partial charge on any atom is -0.355 e. The van der Waals surface area contributed by atoms with E-state index in [-0.39, 0.29) is 17.7 Å². The SMILES string of the molecule is CCn1c(C(=O)N2CCC(C(=O)NCCN3CCCCCC3)CC2)cc2sccc21. The Labute approximate surface area is 183 Å². The number of carbonyl (C=O) groups is 2. The average Bonchev–Trinajstić information content (AvgIpc) is 3.26. The molecule has 2 fully saturated rings. The highest BCUT2D eigenvalue weighted by Crippen LogP contribution is 2.27. The zero-order chi connectivity index (χ0) is 20.9. The van der Waals surface area contributed by atoms with E-state index in [0.717, 1.165) is 56.8 Å². The molecule has 6 nitrogen and oxygen atoms in total. The maximum Gasteiger partial charge on any atom is 0.270 e. The summed E-state index contributed by atoms with van der Waals surface area (Å²) >= 11 is 1.68. The number of hydrogen-bond acceptors (Lipinski definition) is 4. The summed E-state index contributed by atoms with van der Waals surface area (Å²) in [5.41, 5.74) is 1.92. The summed E-state index contributed by atoms with van der Waals surface area (Å²) < 4.78 is 3.27. The van der Waals surface area contributed by atoms with Gasteiger partial charge in [0.1, 0.15) is 5.69 Å². The second-order valence-electron chi connectivity index (χ2n) is 8.56. The van der Waals surface area contributed by atoms with Crippen molar-refractivity contribution in [1.29, 1.82) is 0 Å². The van der Waals surface area contributed by atoms with E-state index < -0.39 is 0 Å². The molecule has 2 aliphatic rings. The number of amides is 2. The van der Waals surface area contributed by atoms with E-state index >= 15 is 0 Å². The molecule has 164 valence electrons. The first-order valence-corrected chi connectivity index (χ1v) is 12.4. The number of rotatable bonds is 6. The highest BCUT2D eigenvalue weighted by Gasteiger charge is 2.29. The van der Waals surface area contributed by atoms with Crippen molar-refractivity contribution in [3.05, 3.63) is 23.2 Å². The number of carbonyl (C=O) groups excluding carboxylic acids is 2. The molecule has 2 aromatic rings. The third-order valence-electron chi connectivity index (χ3n) is 6.64. The molecule has 2 aliphatic heterocycles. The molecular weight excluding hydrogens is 396 g/mol. The van der Waals surface area contributed by atoms with Crippen LogP contribution >= 0.6 is 11.3 Å². The van der Waals surface area contributed by atoms with Gasteiger partial charge in [0, 0.05) is 38.6 Å². The number of nitrogens with one attached hydrogen (secondary N) is 1. The van der Waals surface area contributed by atoms with Crippen LogP contribution in [-0.4, -0.2) is 65.4 Å². The Morgan fingerprint density at radius 1 is 1.10 bits per heavy atom. The maximum absolute atomic E-state index is 13.1. The van der Waals surface area contributed by atoms with Crippen LogP contribution < -0.4 is 5.32 Å². The van der Waals surface area contributed by atoms with Crippen LogP contribution in [0.1, 0.15) is 55.9 Å².